The van der Waals surface area contributed by atoms with Gasteiger partial charge in [-0.25, -0.2) is 0 Å². The molecule has 0 aromatic heterocycles. The van der Waals surface area contributed by atoms with Crippen LogP contribution >= 0.6 is 0 Å². The zero-order valence-corrected chi connectivity index (χ0v) is 11.4. The van der Waals surface area contributed by atoms with Crippen LogP contribution in [0.15, 0.2) is 0 Å². The van der Waals surface area contributed by atoms with Crippen LogP contribution < -0.4 is 0 Å². The monoisotopic (exact) mass is 210 g/mol. The molecule has 0 heteroatoms. The Balaban J connectivity index is 2.36. The van der Waals surface area contributed by atoms with Crippen molar-refractivity contribution in [3.05, 3.63) is 0 Å². The van der Waals surface area contributed by atoms with Gasteiger partial charge in [-0.15, -0.1) is 0 Å². The van der Waals surface area contributed by atoms with Gasteiger partial charge in [-0.05, 0) is 48.9 Å². The normalized spacial score (nSPS) is 30.0. The molecule has 0 aliphatic heterocycles. The second kappa shape index (κ2) is 5.92. The van der Waals surface area contributed by atoms with Gasteiger partial charge in [-0.1, -0.05) is 47.5 Å². The molecule has 1 aliphatic rings. The number of rotatable bonds is 6. The summed E-state index contributed by atoms with van der Waals surface area (Å²) in [7, 11) is 0. The van der Waals surface area contributed by atoms with Crippen molar-refractivity contribution in [2.24, 2.45) is 29.6 Å². The van der Waals surface area contributed by atoms with Gasteiger partial charge in [0.2, 0.25) is 0 Å². The first kappa shape index (κ1) is 13.1. The van der Waals surface area contributed by atoms with E-state index < -0.39 is 0 Å². The first-order valence-electron chi connectivity index (χ1n) is 7.10. The van der Waals surface area contributed by atoms with Crippen molar-refractivity contribution < 1.29 is 0 Å². The molecule has 90 valence electrons. The van der Waals surface area contributed by atoms with E-state index >= 15 is 0 Å². The third-order valence-corrected chi connectivity index (χ3v) is 4.83. The van der Waals surface area contributed by atoms with Gasteiger partial charge in [0.05, 0.1) is 0 Å². The van der Waals surface area contributed by atoms with Crippen LogP contribution in [0.3, 0.4) is 0 Å². The van der Waals surface area contributed by atoms with Crippen molar-refractivity contribution in [2.45, 2.75) is 66.7 Å². The van der Waals surface area contributed by atoms with Gasteiger partial charge in [0, 0.05) is 0 Å². The van der Waals surface area contributed by atoms with Gasteiger partial charge in [0.25, 0.3) is 0 Å². The Morgan fingerprint density at radius 3 is 1.93 bits per heavy atom. The zero-order chi connectivity index (χ0) is 11.4. The fourth-order valence-corrected chi connectivity index (χ4v) is 3.67. The van der Waals surface area contributed by atoms with Crippen LogP contribution in [0, 0.1) is 29.6 Å². The lowest BCUT2D eigenvalue weighted by Gasteiger charge is -2.40. The molecular weight excluding hydrogens is 180 g/mol. The van der Waals surface area contributed by atoms with Crippen molar-refractivity contribution >= 4 is 0 Å². The number of hydrogen-bond donors (Lipinski definition) is 0. The minimum Gasteiger partial charge on any atom is -0.0651 e. The summed E-state index contributed by atoms with van der Waals surface area (Å²) in [6, 6.07) is 0. The van der Waals surface area contributed by atoms with E-state index in [1.165, 1.54) is 32.1 Å². The highest BCUT2D eigenvalue weighted by Crippen LogP contribution is 2.42. The summed E-state index contributed by atoms with van der Waals surface area (Å²) in [6.07, 6.45) is 7.29. The molecule has 4 unspecified atom stereocenters. The van der Waals surface area contributed by atoms with Gasteiger partial charge < -0.3 is 0 Å². The highest BCUT2D eigenvalue weighted by atomic mass is 14.4. The maximum Gasteiger partial charge on any atom is -0.0368 e. The van der Waals surface area contributed by atoms with Crippen molar-refractivity contribution in [3.63, 3.8) is 0 Å². The molecule has 0 aromatic carbocycles. The summed E-state index contributed by atoms with van der Waals surface area (Å²) in [6.45, 7) is 12.0. The average molecular weight is 210 g/mol. The second-order valence-corrected chi connectivity index (χ2v) is 6.03. The summed E-state index contributed by atoms with van der Waals surface area (Å²) in [5.74, 6) is 4.89. The van der Waals surface area contributed by atoms with Gasteiger partial charge in [-0.3, -0.25) is 0 Å². The van der Waals surface area contributed by atoms with Crippen molar-refractivity contribution in [3.8, 4) is 0 Å². The quantitative estimate of drug-likeness (QED) is 0.570. The Morgan fingerprint density at radius 1 is 1.00 bits per heavy atom. The summed E-state index contributed by atoms with van der Waals surface area (Å²) >= 11 is 0. The molecule has 15 heavy (non-hydrogen) atoms. The summed E-state index contributed by atoms with van der Waals surface area (Å²) in [5.41, 5.74) is 0. The fraction of sp³-hybridized carbons (Fsp3) is 1.00. The minimum absolute atomic E-state index is 0.866. The lowest BCUT2D eigenvalue weighted by atomic mass is 9.66. The van der Waals surface area contributed by atoms with E-state index in [9.17, 15) is 0 Å². The Morgan fingerprint density at radius 2 is 1.60 bits per heavy atom. The first-order chi connectivity index (χ1) is 7.10. The molecule has 0 heterocycles. The van der Waals surface area contributed by atoms with Gasteiger partial charge in [-0.2, -0.15) is 0 Å². The third kappa shape index (κ3) is 3.23. The van der Waals surface area contributed by atoms with Gasteiger partial charge >= 0.3 is 0 Å². The average Bonchev–Trinajstić information content (AvgIpc) is 2.14. The van der Waals surface area contributed by atoms with Crippen LogP contribution in [-0.4, -0.2) is 0 Å². The molecular formula is C15H30. The van der Waals surface area contributed by atoms with Crippen LogP contribution in [0.2, 0.25) is 0 Å². The van der Waals surface area contributed by atoms with Crippen molar-refractivity contribution in [2.75, 3.05) is 0 Å². The molecule has 1 rings (SSSR count). The molecule has 0 saturated heterocycles. The highest BCUT2D eigenvalue weighted by molar-refractivity contribution is 4.82. The van der Waals surface area contributed by atoms with Gasteiger partial charge in [0.1, 0.15) is 0 Å². The smallest absolute Gasteiger partial charge is 0.0368 e. The summed E-state index contributed by atoms with van der Waals surface area (Å²) in [5, 5.41) is 0. The van der Waals surface area contributed by atoms with Crippen LogP contribution in [-0.2, 0) is 0 Å². The highest BCUT2D eigenvalue weighted by Gasteiger charge is 2.32. The summed E-state index contributed by atoms with van der Waals surface area (Å²) in [4.78, 5) is 0. The van der Waals surface area contributed by atoms with E-state index in [0.717, 1.165) is 29.6 Å². The molecule has 0 aromatic rings. The number of hydrogen-bond acceptors (Lipinski definition) is 0. The van der Waals surface area contributed by atoms with Crippen LogP contribution in [0.25, 0.3) is 0 Å². The van der Waals surface area contributed by atoms with Crippen LogP contribution in [0.4, 0.5) is 0 Å². The molecule has 1 saturated carbocycles. The molecule has 0 amide bonds. The van der Waals surface area contributed by atoms with Crippen LogP contribution in [0.1, 0.15) is 66.7 Å². The maximum absolute atomic E-state index is 2.49. The molecule has 0 spiro atoms. The van der Waals surface area contributed by atoms with E-state index in [2.05, 4.69) is 34.6 Å². The lowest BCUT2D eigenvalue weighted by Crippen LogP contribution is -2.29. The molecule has 1 aliphatic carbocycles. The zero-order valence-electron chi connectivity index (χ0n) is 11.4. The van der Waals surface area contributed by atoms with E-state index in [1.807, 2.05) is 0 Å². The largest absolute Gasteiger partial charge is 0.0651 e. The summed E-state index contributed by atoms with van der Waals surface area (Å²) < 4.78 is 0. The topological polar surface area (TPSA) is 0 Å². The maximum atomic E-state index is 2.49. The molecule has 4 atom stereocenters. The standard InChI is InChI=1S/C15H30/c1-6-13-8-9-14(13)10-12(5)15(7-2)11(3)4/h11-15H,6-10H2,1-5H3. The van der Waals surface area contributed by atoms with E-state index in [0.29, 0.717) is 0 Å². The lowest BCUT2D eigenvalue weighted by molar-refractivity contribution is 0.110. The Kier molecular flexibility index (Phi) is 5.15. The molecule has 0 bridgehead atoms. The Hall–Kier alpha value is 0. The Bertz CT molecular complexity index is 169. The first-order valence-corrected chi connectivity index (χ1v) is 7.10. The van der Waals surface area contributed by atoms with E-state index in [-0.39, 0.29) is 0 Å². The van der Waals surface area contributed by atoms with Crippen molar-refractivity contribution in [1.82, 2.24) is 0 Å². The van der Waals surface area contributed by atoms with E-state index in [4.69, 9.17) is 0 Å². The van der Waals surface area contributed by atoms with Crippen molar-refractivity contribution in [1.29, 1.82) is 0 Å². The second-order valence-electron chi connectivity index (χ2n) is 6.03. The SMILES string of the molecule is CCC1CCC1CC(C)C(CC)C(C)C. The Labute approximate surface area is 96.8 Å². The molecule has 0 N–H and O–H groups in total. The molecule has 0 nitrogen and oxygen atoms in total. The fourth-order valence-electron chi connectivity index (χ4n) is 3.67. The molecule has 1 fully saturated rings. The predicted octanol–water partition coefficient (Wildman–Crippen LogP) is 5.13. The minimum atomic E-state index is 0.866. The van der Waals surface area contributed by atoms with Crippen LogP contribution in [0.5, 0.6) is 0 Å². The third-order valence-electron chi connectivity index (χ3n) is 4.83. The predicted molar refractivity (Wildman–Crippen MR) is 68.9 cm³/mol. The van der Waals surface area contributed by atoms with Gasteiger partial charge in [0.15, 0.2) is 0 Å². The molecule has 0 radical (unpaired) electrons. The van der Waals surface area contributed by atoms with E-state index in [1.54, 1.807) is 0 Å².